The normalized spacial score (nSPS) is 11.8. The Morgan fingerprint density at radius 1 is 1.25 bits per heavy atom. The van der Waals surface area contributed by atoms with Crippen LogP contribution >= 0.6 is 11.3 Å². The van der Waals surface area contributed by atoms with E-state index < -0.39 is 6.29 Å². The smallest absolute Gasteiger partial charge is 0.216 e. The van der Waals surface area contributed by atoms with Crippen molar-refractivity contribution in [2.75, 3.05) is 20.8 Å². The van der Waals surface area contributed by atoms with Crippen molar-refractivity contribution in [1.82, 2.24) is 0 Å². The highest BCUT2D eigenvalue weighted by molar-refractivity contribution is 7.08. The van der Waals surface area contributed by atoms with Gasteiger partial charge in [-0.3, -0.25) is 0 Å². The van der Waals surface area contributed by atoms with Gasteiger partial charge in [0.1, 0.15) is 12.4 Å². The van der Waals surface area contributed by atoms with Gasteiger partial charge in [0, 0.05) is 14.2 Å². The van der Waals surface area contributed by atoms with Gasteiger partial charge in [-0.05, 0) is 34.5 Å². The molecule has 0 aromatic carbocycles. The van der Waals surface area contributed by atoms with E-state index in [4.69, 9.17) is 18.6 Å². The lowest BCUT2D eigenvalue weighted by Gasteiger charge is -2.09. The lowest BCUT2D eigenvalue weighted by atomic mass is 10.3. The van der Waals surface area contributed by atoms with Gasteiger partial charge in [-0.25, -0.2) is 0 Å². The second kappa shape index (κ2) is 8.01. The Balaban J connectivity index is 1.74. The standard InChI is InChI=1S/C15H18O4S/c1-16-15(17-2)14-6-5-13(19-14)10-18-8-3-4-12-7-9-20-11-12/h3-7,9,11,15H,8,10H2,1-2H3/b4-3+. The summed E-state index contributed by atoms with van der Waals surface area (Å²) >= 11 is 1.68. The van der Waals surface area contributed by atoms with E-state index in [1.165, 1.54) is 5.56 Å². The van der Waals surface area contributed by atoms with Gasteiger partial charge in [-0.15, -0.1) is 0 Å². The summed E-state index contributed by atoms with van der Waals surface area (Å²) in [6.07, 6.45) is 3.55. The number of ether oxygens (including phenoxy) is 3. The van der Waals surface area contributed by atoms with Gasteiger partial charge in [0.2, 0.25) is 6.29 Å². The summed E-state index contributed by atoms with van der Waals surface area (Å²) < 4.78 is 21.3. The highest BCUT2D eigenvalue weighted by Gasteiger charge is 2.13. The van der Waals surface area contributed by atoms with E-state index >= 15 is 0 Å². The van der Waals surface area contributed by atoms with Crippen molar-refractivity contribution in [3.63, 3.8) is 0 Å². The van der Waals surface area contributed by atoms with Gasteiger partial charge in [0.25, 0.3) is 0 Å². The summed E-state index contributed by atoms with van der Waals surface area (Å²) in [6, 6.07) is 5.76. The first-order chi connectivity index (χ1) is 9.83. The lowest BCUT2D eigenvalue weighted by Crippen LogP contribution is -2.01. The molecule has 2 heterocycles. The molecule has 0 radical (unpaired) electrons. The molecule has 0 fully saturated rings. The Labute approximate surface area is 122 Å². The fourth-order valence-corrected chi connectivity index (χ4v) is 2.34. The maximum Gasteiger partial charge on any atom is 0.216 e. The van der Waals surface area contributed by atoms with Crippen molar-refractivity contribution < 1.29 is 18.6 Å². The highest BCUT2D eigenvalue weighted by Crippen LogP contribution is 2.20. The maximum absolute atomic E-state index is 5.58. The first-order valence-electron chi connectivity index (χ1n) is 6.24. The van der Waals surface area contributed by atoms with Gasteiger partial charge < -0.3 is 18.6 Å². The number of thiophene rings is 1. The number of furan rings is 1. The third-order valence-electron chi connectivity index (χ3n) is 2.65. The van der Waals surface area contributed by atoms with Gasteiger partial charge in [0.15, 0.2) is 5.76 Å². The number of methoxy groups -OCH3 is 2. The van der Waals surface area contributed by atoms with Crippen LogP contribution in [0, 0.1) is 0 Å². The van der Waals surface area contributed by atoms with Crippen LogP contribution in [0.15, 0.2) is 39.5 Å². The molecule has 20 heavy (non-hydrogen) atoms. The number of rotatable bonds is 8. The van der Waals surface area contributed by atoms with E-state index in [-0.39, 0.29) is 0 Å². The van der Waals surface area contributed by atoms with Crippen LogP contribution in [0.3, 0.4) is 0 Å². The molecule has 2 aromatic rings. The van der Waals surface area contributed by atoms with Crippen molar-refractivity contribution in [3.05, 3.63) is 52.1 Å². The van der Waals surface area contributed by atoms with Gasteiger partial charge in [-0.1, -0.05) is 12.2 Å². The van der Waals surface area contributed by atoms with E-state index in [9.17, 15) is 0 Å². The minimum Gasteiger partial charge on any atom is -0.458 e. The zero-order valence-corrected chi connectivity index (χ0v) is 12.4. The summed E-state index contributed by atoms with van der Waals surface area (Å²) in [7, 11) is 3.14. The van der Waals surface area contributed by atoms with Crippen molar-refractivity contribution >= 4 is 17.4 Å². The zero-order valence-electron chi connectivity index (χ0n) is 11.6. The Morgan fingerprint density at radius 3 is 2.80 bits per heavy atom. The Morgan fingerprint density at radius 2 is 2.10 bits per heavy atom. The molecule has 2 aromatic heterocycles. The third kappa shape index (κ3) is 4.31. The summed E-state index contributed by atoms with van der Waals surface area (Å²) in [5, 5.41) is 4.14. The Bertz CT molecular complexity index is 512. The molecule has 0 unspecified atom stereocenters. The van der Waals surface area contributed by atoms with E-state index in [1.807, 2.05) is 29.7 Å². The van der Waals surface area contributed by atoms with Crippen molar-refractivity contribution in [1.29, 1.82) is 0 Å². The van der Waals surface area contributed by atoms with E-state index in [0.717, 1.165) is 5.76 Å². The molecular weight excluding hydrogens is 276 g/mol. The van der Waals surface area contributed by atoms with Crippen LogP contribution < -0.4 is 0 Å². The SMILES string of the molecule is COC(OC)c1ccc(COC/C=C/c2ccsc2)o1. The first kappa shape index (κ1) is 15.0. The predicted octanol–water partition coefficient (Wildman–Crippen LogP) is 3.86. The van der Waals surface area contributed by atoms with Crippen LogP contribution in [-0.4, -0.2) is 20.8 Å². The molecule has 4 nitrogen and oxygen atoms in total. The van der Waals surface area contributed by atoms with Crippen LogP contribution in [0.4, 0.5) is 0 Å². The molecule has 0 N–H and O–H groups in total. The molecule has 0 spiro atoms. The monoisotopic (exact) mass is 294 g/mol. The van der Waals surface area contributed by atoms with E-state index in [1.54, 1.807) is 25.6 Å². The van der Waals surface area contributed by atoms with Crippen molar-refractivity contribution in [2.24, 2.45) is 0 Å². The average molecular weight is 294 g/mol. The zero-order chi connectivity index (χ0) is 14.2. The summed E-state index contributed by atoms with van der Waals surface area (Å²) in [5.74, 6) is 1.39. The van der Waals surface area contributed by atoms with Gasteiger partial charge in [-0.2, -0.15) is 11.3 Å². The molecule has 0 saturated carbocycles. The molecule has 2 rings (SSSR count). The molecule has 0 aliphatic heterocycles. The molecule has 0 saturated heterocycles. The van der Waals surface area contributed by atoms with Crippen LogP contribution in [0.2, 0.25) is 0 Å². The summed E-state index contributed by atoms with van der Waals surface area (Å²) in [5.41, 5.74) is 1.20. The molecule has 108 valence electrons. The average Bonchev–Trinajstić information content (AvgIpc) is 3.12. The third-order valence-corrected chi connectivity index (χ3v) is 3.36. The van der Waals surface area contributed by atoms with Crippen LogP contribution in [0.5, 0.6) is 0 Å². The second-order valence-electron chi connectivity index (χ2n) is 4.08. The molecule has 0 bridgehead atoms. The Kier molecular flexibility index (Phi) is 6.01. The van der Waals surface area contributed by atoms with Crippen LogP contribution in [0.25, 0.3) is 6.08 Å². The molecule has 0 atom stereocenters. The Hall–Kier alpha value is -1.40. The molecular formula is C15H18O4S. The van der Waals surface area contributed by atoms with E-state index in [2.05, 4.69) is 11.4 Å². The van der Waals surface area contributed by atoms with Crippen LogP contribution in [-0.2, 0) is 20.8 Å². The number of hydrogen-bond acceptors (Lipinski definition) is 5. The minimum absolute atomic E-state index is 0.425. The quantitative estimate of drug-likeness (QED) is 0.547. The number of hydrogen-bond donors (Lipinski definition) is 0. The van der Waals surface area contributed by atoms with Crippen molar-refractivity contribution in [2.45, 2.75) is 12.9 Å². The minimum atomic E-state index is -0.470. The second-order valence-corrected chi connectivity index (χ2v) is 4.86. The molecule has 0 amide bonds. The van der Waals surface area contributed by atoms with Crippen molar-refractivity contribution in [3.8, 4) is 0 Å². The molecule has 0 aliphatic rings. The first-order valence-corrected chi connectivity index (χ1v) is 7.18. The topological polar surface area (TPSA) is 40.8 Å². The fraction of sp³-hybridized carbons (Fsp3) is 0.333. The van der Waals surface area contributed by atoms with E-state index in [0.29, 0.717) is 19.0 Å². The molecule has 0 aliphatic carbocycles. The summed E-state index contributed by atoms with van der Waals surface area (Å²) in [6.45, 7) is 0.970. The fourth-order valence-electron chi connectivity index (χ4n) is 1.71. The van der Waals surface area contributed by atoms with Crippen LogP contribution in [0.1, 0.15) is 23.4 Å². The molecule has 5 heteroatoms. The predicted molar refractivity (Wildman–Crippen MR) is 78.5 cm³/mol. The highest BCUT2D eigenvalue weighted by atomic mass is 32.1. The van der Waals surface area contributed by atoms with Gasteiger partial charge >= 0.3 is 0 Å². The largest absolute Gasteiger partial charge is 0.458 e. The summed E-state index contributed by atoms with van der Waals surface area (Å²) in [4.78, 5) is 0. The van der Waals surface area contributed by atoms with Gasteiger partial charge in [0.05, 0.1) is 6.61 Å². The lowest BCUT2D eigenvalue weighted by molar-refractivity contribution is -0.118. The maximum atomic E-state index is 5.58.